The monoisotopic (exact) mass is 422 g/mol. The molecule has 0 bridgehead atoms. The van der Waals surface area contributed by atoms with Crippen LogP contribution in [0.1, 0.15) is 46.8 Å². The standard InChI is InChI=1S/C29H26O3/c1-19-14-16-24(17-15-19)29(31)28-25(18-22-10-6-4-7-11-22)32-21(3)26(20(2)30)27(28)23-12-8-5-9-13-23/h4-17,27H,18H2,1-3H3. The lowest BCUT2D eigenvalue weighted by atomic mass is 9.77. The maximum atomic E-state index is 13.9. The number of allylic oxidation sites excluding steroid dienone is 4. The molecule has 0 fully saturated rings. The van der Waals surface area contributed by atoms with Gasteiger partial charge < -0.3 is 4.74 Å². The molecule has 3 aromatic carbocycles. The molecular weight excluding hydrogens is 396 g/mol. The summed E-state index contributed by atoms with van der Waals surface area (Å²) >= 11 is 0. The molecule has 1 aliphatic rings. The van der Waals surface area contributed by atoms with Crippen molar-refractivity contribution < 1.29 is 14.3 Å². The first-order valence-corrected chi connectivity index (χ1v) is 10.8. The van der Waals surface area contributed by atoms with E-state index >= 15 is 0 Å². The van der Waals surface area contributed by atoms with E-state index in [2.05, 4.69) is 0 Å². The highest BCUT2D eigenvalue weighted by atomic mass is 16.5. The lowest BCUT2D eigenvalue weighted by Gasteiger charge is -2.31. The summed E-state index contributed by atoms with van der Waals surface area (Å²) in [6, 6.07) is 27.2. The van der Waals surface area contributed by atoms with Gasteiger partial charge in [0.1, 0.15) is 11.5 Å². The molecule has 1 unspecified atom stereocenters. The number of benzene rings is 3. The van der Waals surface area contributed by atoms with Crippen molar-refractivity contribution in [3.8, 4) is 0 Å². The summed E-state index contributed by atoms with van der Waals surface area (Å²) in [4.78, 5) is 26.6. The SMILES string of the molecule is CC(=O)C1=C(C)OC(Cc2ccccc2)=C(C(=O)c2ccc(C)cc2)C1c1ccccc1. The van der Waals surface area contributed by atoms with Gasteiger partial charge in [0.15, 0.2) is 11.6 Å². The van der Waals surface area contributed by atoms with E-state index in [1.807, 2.05) is 98.8 Å². The van der Waals surface area contributed by atoms with Crippen LogP contribution < -0.4 is 0 Å². The largest absolute Gasteiger partial charge is 0.465 e. The van der Waals surface area contributed by atoms with Crippen LogP contribution in [0.4, 0.5) is 0 Å². The average molecular weight is 423 g/mol. The molecule has 0 N–H and O–H groups in total. The van der Waals surface area contributed by atoms with E-state index < -0.39 is 5.92 Å². The zero-order chi connectivity index (χ0) is 22.7. The second kappa shape index (κ2) is 9.19. The molecule has 1 aliphatic heterocycles. The highest BCUT2D eigenvalue weighted by Gasteiger charge is 2.37. The van der Waals surface area contributed by atoms with Crippen LogP contribution in [-0.2, 0) is 16.0 Å². The van der Waals surface area contributed by atoms with E-state index in [0.29, 0.717) is 34.6 Å². The Balaban J connectivity index is 1.93. The van der Waals surface area contributed by atoms with Crippen molar-refractivity contribution in [3.63, 3.8) is 0 Å². The van der Waals surface area contributed by atoms with Crippen LogP contribution in [0.15, 0.2) is 108 Å². The summed E-state index contributed by atoms with van der Waals surface area (Å²) in [7, 11) is 0. The van der Waals surface area contributed by atoms with Crippen LogP contribution in [0.3, 0.4) is 0 Å². The number of carbonyl (C=O) groups is 2. The van der Waals surface area contributed by atoms with E-state index in [1.165, 1.54) is 6.92 Å². The summed E-state index contributed by atoms with van der Waals surface area (Å²) < 4.78 is 6.21. The smallest absolute Gasteiger partial charge is 0.193 e. The minimum absolute atomic E-state index is 0.0932. The average Bonchev–Trinajstić information content (AvgIpc) is 2.80. The first-order chi connectivity index (χ1) is 15.5. The Morgan fingerprint density at radius 1 is 0.781 bits per heavy atom. The van der Waals surface area contributed by atoms with Crippen LogP contribution in [0.25, 0.3) is 0 Å². The van der Waals surface area contributed by atoms with Gasteiger partial charge in [0.2, 0.25) is 0 Å². The number of Topliss-reactive ketones (excluding diaryl/α,β-unsaturated/α-hetero) is 2. The lowest BCUT2D eigenvalue weighted by Crippen LogP contribution is -2.26. The Labute approximate surface area is 189 Å². The van der Waals surface area contributed by atoms with Crippen molar-refractivity contribution in [1.82, 2.24) is 0 Å². The second-order valence-corrected chi connectivity index (χ2v) is 8.17. The Morgan fingerprint density at radius 2 is 1.38 bits per heavy atom. The van der Waals surface area contributed by atoms with Crippen molar-refractivity contribution in [2.75, 3.05) is 0 Å². The number of hydrogen-bond acceptors (Lipinski definition) is 3. The zero-order valence-electron chi connectivity index (χ0n) is 18.6. The van der Waals surface area contributed by atoms with Crippen molar-refractivity contribution in [2.24, 2.45) is 0 Å². The molecule has 32 heavy (non-hydrogen) atoms. The lowest BCUT2D eigenvalue weighted by molar-refractivity contribution is -0.114. The van der Waals surface area contributed by atoms with Gasteiger partial charge in [-0.3, -0.25) is 9.59 Å². The topological polar surface area (TPSA) is 43.4 Å². The quantitative estimate of drug-likeness (QED) is 0.435. The Morgan fingerprint density at radius 3 is 1.97 bits per heavy atom. The van der Waals surface area contributed by atoms with Crippen molar-refractivity contribution in [2.45, 2.75) is 33.1 Å². The molecule has 160 valence electrons. The van der Waals surface area contributed by atoms with E-state index in [9.17, 15) is 9.59 Å². The summed E-state index contributed by atoms with van der Waals surface area (Å²) in [5.74, 6) is 0.464. The van der Waals surface area contributed by atoms with E-state index in [-0.39, 0.29) is 11.6 Å². The van der Waals surface area contributed by atoms with Gasteiger partial charge in [0.25, 0.3) is 0 Å². The molecule has 0 saturated carbocycles. The third-order valence-electron chi connectivity index (χ3n) is 5.81. The van der Waals surface area contributed by atoms with Gasteiger partial charge in [-0.1, -0.05) is 90.5 Å². The minimum Gasteiger partial charge on any atom is -0.465 e. The van der Waals surface area contributed by atoms with Crippen LogP contribution in [0.5, 0.6) is 0 Å². The summed E-state index contributed by atoms with van der Waals surface area (Å²) in [5.41, 5.74) is 4.68. The Kier molecular flexibility index (Phi) is 6.18. The van der Waals surface area contributed by atoms with Crippen molar-refractivity contribution >= 4 is 11.6 Å². The number of ketones is 2. The first-order valence-electron chi connectivity index (χ1n) is 10.8. The highest BCUT2D eigenvalue weighted by Crippen LogP contribution is 2.43. The van der Waals surface area contributed by atoms with E-state index in [0.717, 1.165) is 16.7 Å². The molecule has 0 saturated heterocycles. The van der Waals surface area contributed by atoms with Gasteiger partial charge in [0.05, 0.1) is 5.57 Å². The molecule has 1 atom stereocenters. The molecule has 3 heteroatoms. The second-order valence-electron chi connectivity index (χ2n) is 8.17. The zero-order valence-corrected chi connectivity index (χ0v) is 18.6. The Hall–Kier alpha value is -3.72. The molecule has 0 radical (unpaired) electrons. The molecule has 1 heterocycles. The van der Waals surface area contributed by atoms with Gasteiger partial charge in [-0.25, -0.2) is 0 Å². The first kappa shape index (κ1) is 21.5. The van der Waals surface area contributed by atoms with E-state index in [1.54, 1.807) is 0 Å². The third kappa shape index (κ3) is 4.33. The number of carbonyl (C=O) groups excluding carboxylic acids is 2. The fourth-order valence-electron chi connectivity index (χ4n) is 4.26. The van der Waals surface area contributed by atoms with Gasteiger partial charge in [-0.05, 0) is 31.9 Å². The number of aryl methyl sites for hydroxylation is 1. The molecule has 0 amide bonds. The number of hydrogen-bond donors (Lipinski definition) is 0. The molecule has 3 aromatic rings. The minimum atomic E-state index is -0.477. The molecule has 0 spiro atoms. The summed E-state index contributed by atoms with van der Waals surface area (Å²) in [5, 5.41) is 0. The maximum absolute atomic E-state index is 13.9. The fraction of sp³-hybridized carbons (Fsp3) is 0.172. The molecule has 0 aromatic heterocycles. The van der Waals surface area contributed by atoms with Crippen molar-refractivity contribution in [3.05, 3.63) is 130 Å². The normalized spacial score (nSPS) is 16.0. The van der Waals surface area contributed by atoms with Crippen LogP contribution in [0, 0.1) is 6.92 Å². The number of ether oxygens (including phenoxy) is 1. The van der Waals surface area contributed by atoms with Gasteiger partial charge in [-0.15, -0.1) is 0 Å². The predicted octanol–water partition coefficient (Wildman–Crippen LogP) is 6.35. The molecular formula is C29H26O3. The van der Waals surface area contributed by atoms with Gasteiger partial charge >= 0.3 is 0 Å². The van der Waals surface area contributed by atoms with Crippen LogP contribution in [-0.4, -0.2) is 11.6 Å². The maximum Gasteiger partial charge on any atom is 0.193 e. The highest BCUT2D eigenvalue weighted by molar-refractivity contribution is 6.12. The van der Waals surface area contributed by atoms with Crippen molar-refractivity contribution in [1.29, 1.82) is 0 Å². The number of rotatable bonds is 6. The molecule has 3 nitrogen and oxygen atoms in total. The Bertz CT molecular complexity index is 1200. The fourth-order valence-corrected chi connectivity index (χ4v) is 4.26. The van der Waals surface area contributed by atoms with Crippen LogP contribution >= 0.6 is 0 Å². The van der Waals surface area contributed by atoms with Crippen LogP contribution in [0.2, 0.25) is 0 Å². The molecule has 0 aliphatic carbocycles. The predicted molar refractivity (Wildman–Crippen MR) is 126 cm³/mol. The summed E-state index contributed by atoms with van der Waals surface area (Å²) in [6.07, 6.45) is 0.472. The summed E-state index contributed by atoms with van der Waals surface area (Å²) in [6.45, 7) is 5.34. The van der Waals surface area contributed by atoms with Gasteiger partial charge in [-0.2, -0.15) is 0 Å². The third-order valence-corrected chi connectivity index (χ3v) is 5.81. The van der Waals surface area contributed by atoms with E-state index in [4.69, 9.17) is 4.74 Å². The molecule has 4 rings (SSSR count). The van der Waals surface area contributed by atoms with Gasteiger partial charge in [0, 0.05) is 23.5 Å².